The zero-order valence-corrected chi connectivity index (χ0v) is 11.7. The minimum Gasteiger partial charge on any atom is -0.392 e. The van der Waals surface area contributed by atoms with Crippen LogP contribution in [0.3, 0.4) is 0 Å². The number of aliphatic hydroxyl groups excluding tert-OH is 4. The first-order chi connectivity index (χ1) is 10.1. The smallest absolute Gasteiger partial charge is 0.111 e. The van der Waals surface area contributed by atoms with Crippen LogP contribution in [-0.2, 0) is 0 Å². The molecule has 0 saturated carbocycles. The molecular formula is C16H21NO4. The van der Waals surface area contributed by atoms with Gasteiger partial charge in [0.1, 0.15) is 18.3 Å². The number of nitrogens with zero attached hydrogens (tertiary/aromatic N) is 1. The third kappa shape index (κ3) is 2.52. The standard InChI is InChI=1S/C16H21NO4/c18-9-11-8-13(15(20)16(21)14(11)19)17-7-6-12(17)10-4-2-1-3-5-10/h1-5,8,12-16,18-21H,6-7,9H2/t12?,13-,14+,15-,16?/m0/s1. The summed E-state index contributed by atoms with van der Waals surface area (Å²) in [6.45, 7) is 0.505. The Morgan fingerprint density at radius 3 is 2.33 bits per heavy atom. The highest BCUT2D eigenvalue weighted by Gasteiger charge is 2.44. The average Bonchev–Trinajstić information content (AvgIpc) is 2.47. The van der Waals surface area contributed by atoms with Crippen molar-refractivity contribution in [2.75, 3.05) is 13.2 Å². The number of benzene rings is 1. The van der Waals surface area contributed by atoms with E-state index < -0.39 is 18.3 Å². The van der Waals surface area contributed by atoms with E-state index in [0.29, 0.717) is 5.57 Å². The lowest BCUT2D eigenvalue weighted by Crippen LogP contribution is -2.59. The Labute approximate surface area is 123 Å². The van der Waals surface area contributed by atoms with Crippen LogP contribution in [0.25, 0.3) is 0 Å². The molecule has 1 aliphatic heterocycles. The largest absolute Gasteiger partial charge is 0.392 e. The van der Waals surface area contributed by atoms with E-state index in [2.05, 4.69) is 4.90 Å². The molecule has 1 aromatic rings. The predicted molar refractivity (Wildman–Crippen MR) is 77.5 cm³/mol. The highest BCUT2D eigenvalue weighted by molar-refractivity contribution is 5.26. The van der Waals surface area contributed by atoms with Crippen molar-refractivity contribution in [2.45, 2.75) is 36.8 Å². The molecule has 114 valence electrons. The Morgan fingerprint density at radius 1 is 1.05 bits per heavy atom. The molecule has 0 radical (unpaired) electrons. The Morgan fingerprint density at radius 2 is 1.76 bits per heavy atom. The summed E-state index contributed by atoms with van der Waals surface area (Å²) in [7, 11) is 0. The van der Waals surface area contributed by atoms with Crippen LogP contribution in [0.1, 0.15) is 18.0 Å². The summed E-state index contributed by atoms with van der Waals surface area (Å²) in [4.78, 5) is 2.10. The molecule has 0 amide bonds. The molecule has 4 N–H and O–H groups in total. The molecule has 21 heavy (non-hydrogen) atoms. The number of likely N-dealkylation sites (tertiary alicyclic amines) is 1. The Bertz CT molecular complexity index is 518. The minimum atomic E-state index is -1.26. The quantitative estimate of drug-likeness (QED) is 0.581. The van der Waals surface area contributed by atoms with Crippen LogP contribution in [0.4, 0.5) is 0 Å². The van der Waals surface area contributed by atoms with Crippen molar-refractivity contribution in [3.8, 4) is 0 Å². The van der Waals surface area contributed by atoms with E-state index in [1.807, 2.05) is 30.3 Å². The van der Waals surface area contributed by atoms with Gasteiger partial charge in [-0.25, -0.2) is 0 Å². The topological polar surface area (TPSA) is 84.2 Å². The van der Waals surface area contributed by atoms with Crippen molar-refractivity contribution in [3.05, 3.63) is 47.5 Å². The fraction of sp³-hybridized carbons (Fsp3) is 0.500. The van der Waals surface area contributed by atoms with Crippen LogP contribution >= 0.6 is 0 Å². The van der Waals surface area contributed by atoms with E-state index in [-0.39, 0.29) is 18.7 Å². The molecule has 1 fully saturated rings. The third-order valence-electron chi connectivity index (χ3n) is 4.60. The average molecular weight is 291 g/mol. The zero-order valence-electron chi connectivity index (χ0n) is 11.7. The molecule has 1 heterocycles. The molecule has 1 aromatic carbocycles. The molecule has 0 spiro atoms. The maximum atomic E-state index is 10.2. The second kappa shape index (κ2) is 5.87. The van der Waals surface area contributed by atoms with Gasteiger partial charge >= 0.3 is 0 Å². The maximum Gasteiger partial charge on any atom is 0.111 e. The van der Waals surface area contributed by atoms with E-state index >= 15 is 0 Å². The fourth-order valence-corrected chi connectivity index (χ4v) is 3.26. The summed E-state index contributed by atoms with van der Waals surface area (Å²) in [6, 6.07) is 9.84. The molecule has 0 aromatic heterocycles. The fourth-order valence-electron chi connectivity index (χ4n) is 3.26. The second-order valence-electron chi connectivity index (χ2n) is 5.77. The number of hydrogen-bond acceptors (Lipinski definition) is 5. The van der Waals surface area contributed by atoms with Crippen LogP contribution in [0.5, 0.6) is 0 Å². The van der Waals surface area contributed by atoms with Crippen LogP contribution in [0.15, 0.2) is 42.0 Å². The highest BCUT2D eigenvalue weighted by atomic mass is 16.4. The second-order valence-corrected chi connectivity index (χ2v) is 5.77. The van der Waals surface area contributed by atoms with Crippen molar-refractivity contribution >= 4 is 0 Å². The monoisotopic (exact) mass is 291 g/mol. The minimum absolute atomic E-state index is 0.199. The van der Waals surface area contributed by atoms with Gasteiger partial charge in [-0.3, -0.25) is 4.90 Å². The van der Waals surface area contributed by atoms with Gasteiger partial charge in [0.2, 0.25) is 0 Å². The molecule has 5 atom stereocenters. The van der Waals surface area contributed by atoms with Crippen LogP contribution in [-0.4, -0.2) is 62.8 Å². The summed E-state index contributed by atoms with van der Waals surface area (Å²) >= 11 is 0. The molecular weight excluding hydrogens is 270 g/mol. The molecule has 2 aliphatic rings. The zero-order chi connectivity index (χ0) is 15.0. The van der Waals surface area contributed by atoms with Gasteiger partial charge in [0.15, 0.2) is 0 Å². The summed E-state index contributed by atoms with van der Waals surface area (Å²) in [5.74, 6) is 0. The lowest BCUT2D eigenvalue weighted by Gasteiger charge is -2.49. The van der Waals surface area contributed by atoms with Gasteiger partial charge in [-0.1, -0.05) is 36.4 Å². The normalized spacial score (nSPS) is 37.0. The van der Waals surface area contributed by atoms with E-state index in [1.165, 1.54) is 5.56 Å². The lowest BCUT2D eigenvalue weighted by atomic mass is 9.83. The Hall–Kier alpha value is -1.24. The lowest BCUT2D eigenvalue weighted by molar-refractivity contribution is -0.103. The first-order valence-corrected chi connectivity index (χ1v) is 7.30. The summed E-state index contributed by atoms with van der Waals surface area (Å²) in [5.41, 5.74) is 1.55. The first kappa shape index (κ1) is 14.7. The van der Waals surface area contributed by atoms with Gasteiger partial charge in [0.25, 0.3) is 0 Å². The molecule has 5 heteroatoms. The molecule has 2 unspecified atom stereocenters. The predicted octanol–water partition coefficient (Wildman–Crippen LogP) is -0.183. The van der Waals surface area contributed by atoms with Gasteiger partial charge in [-0.15, -0.1) is 0 Å². The van der Waals surface area contributed by atoms with Gasteiger partial charge in [0, 0.05) is 12.6 Å². The maximum absolute atomic E-state index is 10.2. The summed E-state index contributed by atoms with van der Waals surface area (Å²) in [5, 5.41) is 39.3. The van der Waals surface area contributed by atoms with E-state index in [1.54, 1.807) is 6.08 Å². The van der Waals surface area contributed by atoms with Gasteiger partial charge in [-0.2, -0.15) is 0 Å². The molecule has 5 nitrogen and oxygen atoms in total. The molecule has 3 rings (SSSR count). The Balaban J connectivity index is 1.84. The van der Waals surface area contributed by atoms with Crippen molar-refractivity contribution in [2.24, 2.45) is 0 Å². The van der Waals surface area contributed by atoms with E-state index in [0.717, 1.165) is 13.0 Å². The number of hydrogen-bond donors (Lipinski definition) is 4. The van der Waals surface area contributed by atoms with E-state index in [9.17, 15) is 20.4 Å². The SMILES string of the molecule is OCC1=C[C@H](N2CCC2c2ccccc2)[C@H](O)C(O)[C@@H]1O. The van der Waals surface area contributed by atoms with Gasteiger partial charge < -0.3 is 20.4 Å². The molecule has 0 bridgehead atoms. The van der Waals surface area contributed by atoms with Crippen molar-refractivity contribution < 1.29 is 20.4 Å². The van der Waals surface area contributed by atoms with Crippen molar-refractivity contribution in [1.29, 1.82) is 0 Å². The first-order valence-electron chi connectivity index (χ1n) is 7.30. The van der Waals surface area contributed by atoms with E-state index in [4.69, 9.17) is 0 Å². The summed E-state index contributed by atoms with van der Waals surface area (Å²) < 4.78 is 0. The highest BCUT2D eigenvalue weighted by Crippen LogP contribution is 2.38. The van der Waals surface area contributed by atoms with Gasteiger partial charge in [0.05, 0.1) is 12.6 Å². The van der Waals surface area contributed by atoms with Crippen LogP contribution < -0.4 is 0 Å². The summed E-state index contributed by atoms with van der Waals surface area (Å²) in [6.07, 6.45) is -0.829. The molecule has 1 aliphatic carbocycles. The van der Waals surface area contributed by atoms with Crippen LogP contribution in [0.2, 0.25) is 0 Å². The third-order valence-corrected chi connectivity index (χ3v) is 4.60. The Kier molecular flexibility index (Phi) is 4.10. The van der Waals surface area contributed by atoms with Crippen molar-refractivity contribution in [3.63, 3.8) is 0 Å². The van der Waals surface area contributed by atoms with Crippen LogP contribution in [0, 0.1) is 0 Å². The van der Waals surface area contributed by atoms with Crippen molar-refractivity contribution in [1.82, 2.24) is 4.90 Å². The number of aliphatic hydroxyl groups is 4. The molecule has 1 saturated heterocycles. The number of rotatable bonds is 3. The van der Waals surface area contributed by atoms with Gasteiger partial charge in [-0.05, 0) is 17.6 Å².